The number of carboxylic acid groups (broad SMARTS) is 3. The number of carbonyl (C=O) groups excluding carboxylic acids is 14. The van der Waals surface area contributed by atoms with Gasteiger partial charge in [0.25, 0.3) is 5.91 Å². The van der Waals surface area contributed by atoms with Crippen molar-refractivity contribution < 1.29 is 113 Å². The van der Waals surface area contributed by atoms with E-state index in [0.29, 0.717) is 31.4 Å². The van der Waals surface area contributed by atoms with Gasteiger partial charge in [-0.1, -0.05) is 67.5 Å². The van der Waals surface area contributed by atoms with Crippen LogP contribution in [0.15, 0.2) is 24.3 Å². The molecule has 37 heteroatoms. The number of aromatic hydroxyl groups is 1. The van der Waals surface area contributed by atoms with Gasteiger partial charge < -0.3 is 105 Å². The number of primary amides is 1. The number of nitrogens with two attached hydrogens (primary N) is 1. The second kappa shape index (κ2) is 42.4. The molecule has 0 unspecified atom stereocenters. The molecule has 1 aromatic carbocycles. The van der Waals surface area contributed by atoms with Crippen molar-refractivity contribution >= 4 is 101 Å². The summed E-state index contributed by atoms with van der Waals surface area (Å²) >= 11 is 0. The van der Waals surface area contributed by atoms with Gasteiger partial charge in [-0.3, -0.25) is 76.7 Å². The molecule has 3 rings (SSSR count). The van der Waals surface area contributed by atoms with E-state index in [9.17, 15) is 107 Å². The van der Waals surface area contributed by atoms with Crippen molar-refractivity contribution in [2.45, 2.75) is 218 Å². The number of benzene rings is 1. The van der Waals surface area contributed by atoms with E-state index in [1.54, 1.807) is 41.5 Å². The number of nitrogens with zero attached hydrogens (tertiary/aromatic N) is 2. The number of likely N-dealkylation sites (tertiary alicyclic amines) is 2. The summed E-state index contributed by atoms with van der Waals surface area (Å²) in [5.74, 6) is -18.2. The van der Waals surface area contributed by atoms with Crippen LogP contribution in [0.5, 0.6) is 5.75 Å². The van der Waals surface area contributed by atoms with E-state index < -0.39 is 237 Å². The van der Waals surface area contributed by atoms with Crippen LogP contribution in [0.1, 0.15) is 145 Å². The van der Waals surface area contributed by atoms with E-state index in [1.807, 2.05) is 13.8 Å². The summed E-state index contributed by atoms with van der Waals surface area (Å²) in [7, 11) is 0. The Hall–Kier alpha value is -10.1. The van der Waals surface area contributed by atoms with Gasteiger partial charge >= 0.3 is 17.9 Å². The summed E-state index contributed by atoms with van der Waals surface area (Å²) in [6.45, 7) is 13.0. The van der Waals surface area contributed by atoms with Gasteiger partial charge in [0.2, 0.25) is 76.8 Å². The van der Waals surface area contributed by atoms with Crippen LogP contribution in [-0.4, -0.2) is 241 Å². The molecule has 0 radical (unpaired) electrons. The summed E-state index contributed by atoms with van der Waals surface area (Å²) in [5, 5.41) is 75.5. The molecule has 2 aliphatic rings. The molecule has 14 amide bonds. The highest BCUT2D eigenvalue weighted by Crippen LogP contribution is 2.22. The predicted octanol–water partition coefficient (Wildman–Crippen LogP) is -5.38. The lowest BCUT2D eigenvalue weighted by Crippen LogP contribution is -2.69. The Kier molecular flexibility index (Phi) is 35.9. The molecule has 12 atom stereocenters. The molecule has 0 bridgehead atoms. The number of carbonyl (C=O) groups is 17. The fourth-order valence-electron chi connectivity index (χ4n) is 11.4. The molecule has 2 fully saturated rings. The Bertz CT molecular complexity index is 3200. The average Bonchev–Trinajstić information content (AvgIpc) is 1.75. The van der Waals surface area contributed by atoms with E-state index >= 15 is 0 Å². The SMILES string of the molecule is CC(C)C[C@H](NC(=O)CNC(=O)[C@@H](NC(=O)[C@@H](NC(=O)[C@H](C)NC(=O)[C@@H]1CCCN1C(=O)[C@@H]([NH3+])CC(C)C)C(C)C)C(C)C)C(=O)N[C@@H](CO)C(=O)N1CCC[C@H]1C(=O)NCC(=O)N[C@@H](CCC(=O)O)C(=O)N[C@@H](CCC(N)=O)C(=O)N[C@@H](CCC(=O)O)C(=O)N[C@@H](Cc1ccc(O)cc1)C(=O)O. The minimum Gasteiger partial charge on any atom is -0.508 e. The molecular formula is C66H104N15O22+. The van der Waals surface area contributed by atoms with Crippen molar-refractivity contribution in [3.05, 3.63) is 29.8 Å². The number of quaternary nitrogens is 1. The fraction of sp³-hybridized carbons (Fsp3) is 0.652. The number of carboxylic acids is 3. The number of aliphatic hydroxyl groups is 1. The van der Waals surface area contributed by atoms with Crippen LogP contribution in [0.25, 0.3) is 0 Å². The smallest absolute Gasteiger partial charge is 0.326 e. The van der Waals surface area contributed by atoms with Crippen LogP contribution in [0.2, 0.25) is 0 Å². The maximum Gasteiger partial charge on any atom is 0.326 e. The van der Waals surface area contributed by atoms with Crippen molar-refractivity contribution in [2.75, 3.05) is 32.8 Å². The summed E-state index contributed by atoms with van der Waals surface area (Å²) in [6.07, 6.45) is -2.53. The highest BCUT2D eigenvalue weighted by atomic mass is 16.4. The summed E-state index contributed by atoms with van der Waals surface area (Å²) in [6, 6.07) is -11.0. The Morgan fingerprint density at radius 3 is 1.39 bits per heavy atom. The van der Waals surface area contributed by atoms with Gasteiger partial charge in [0, 0.05) is 45.2 Å². The van der Waals surface area contributed by atoms with Crippen molar-refractivity contribution in [1.29, 1.82) is 0 Å². The highest BCUT2D eigenvalue weighted by molar-refractivity contribution is 6.00. The number of phenolic OH excluding ortho intramolecular Hbond substituents is 1. The van der Waals surface area contributed by atoms with E-state index in [0.717, 1.165) is 4.90 Å². The van der Waals surface area contributed by atoms with Crippen LogP contribution in [0.4, 0.5) is 0 Å². The summed E-state index contributed by atoms with van der Waals surface area (Å²) in [4.78, 5) is 227. The number of aliphatic hydroxyl groups excluding tert-OH is 1. The third-order valence-electron chi connectivity index (χ3n) is 16.9. The number of aliphatic carboxylic acids is 3. The molecule has 1 aromatic rings. The third kappa shape index (κ3) is 29.4. The van der Waals surface area contributed by atoms with Crippen LogP contribution in [0.3, 0.4) is 0 Å². The minimum absolute atomic E-state index is 0.0127. The second-order valence-electron chi connectivity index (χ2n) is 27.2. The van der Waals surface area contributed by atoms with E-state index in [1.165, 1.54) is 36.1 Å². The maximum atomic E-state index is 14.0. The Labute approximate surface area is 595 Å². The Morgan fingerprint density at radius 1 is 0.485 bits per heavy atom. The normalized spacial score (nSPS) is 17.1. The third-order valence-corrected chi connectivity index (χ3v) is 16.9. The predicted molar refractivity (Wildman–Crippen MR) is 363 cm³/mol. The number of nitrogens with one attached hydrogen (secondary N) is 11. The number of hydrogen-bond donors (Lipinski definition) is 18. The summed E-state index contributed by atoms with van der Waals surface area (Å²) < 4.78 is 0. The molecule has 2 aliphatic heterocycles. The molecule has 574 valence electrons. The molecule has 37 nitrogen and oxygen atoms in total. The van der Waals surface area contributed by atoms with Gasteiger partial charge in [0.1, 0.15) is 72.2 Å². The zero-order chi connectivity index (χ0) is 77.7. The van der Waals surface area contributed by atoms with Gasteiger partial charge in [-0.05, 0) is 99.7 Å². The molecule has 103 heavy (non-hydrogen) atoms. The van der Waals surface area contributed by atoms with E-state index in [2.05, 4.69) is 64.2 Å². The minimum atomic E-state index is -1.80. The van der Waals surface area contributed by atoms with Crippen LogP contribution in [-0.2, 0) is 87.9 Å². The largest absolute Gasteiger partial charge is 0.508 e. The van der Waals surface area contributed by atoms with E-state index in [-0.39, 0.29) is 55.7 Å². The van der Waals surface area contributed by atoms with Gasteiger partial charge in [-0.25, -0.2) is 4.79 Å². The highest BCUT2D eigenvalue weighted by Gasteiger charge is 2.42. The number of amides is 14. The van der Waals surface area contributed by atoms with Gasteiger partial charge in [-0.2, -0.15) is 0 Å². The average molecular weight is 1460 g/mol. The Morgan fingerprint density at radius 2 is 0.913 bits per heavy atom. The zero-order valence-electron chi connectivity index (χ0n) is 59.6. The first kappa shape index (κ1) is 87.1. The first-order chi connectivity index (χ1) is 48.2. The molecule has 0 aromatic heterocycles. The maximum absolute atomic E-state index is 14.0. The van der Waals surface area contributed by atoms with Crippen molar-refractivity contribution in [3.63, 3.8) is 0 Å². The Balaban J connectivity index is 1.66. The zero-order valence-corrected chi connectivity index (χ0v) is 59.6. The topological polar surface area (TPSA) is 584 Å². The molecule has 0 aliphatic carbocycles. The van der Waals surface area contributed by atoms with Crippen LogP contribution in [0, 0.1) is 23.7 Å². The molecule has 21 N–H and O–H groups in total. The van der Waals surface area contributed by atoms with E-state index in [4.69, 9.17) is 5.73 Å². The molecule has 0 saturated carbocycles. The van der Waals surface area contributed by atoms with Crippen LogP contribution < -0.4 is 70.0 Å². The fourth-order valence-corrected chi connectivity index (χ4v) is 11.4. The van der Waals surface area contributed by atoms with Crippen molar-refractivity contribution in [3.8, 4) is 5.75 Å². The standard InChI is InChI=1S/C66H103N15O22/c1-32(2)26-39(67)64(100)80-24-11-13-47(80)61(97)71-36(9)55(91)78-54(35(7)8)63(99)79-53(34(5)6)62(98)70-30-50(86)73-43(27-33(3)4)59(95)77-45(31-82)65(101)81-25-10-12-46(81)60(96)69-29-49(85)72-40(19-22-51(87)88)56(92)74-41(18-21-48(68)84)57(93)75-42(20-23-52(89)90)58(94)76-44(66(102)103)28-37-14-16-38(83)17-15-37/h14-17,32-36,39-47,53-54,82-83H,10-13,18-31,67H2,1-9H3,(H2,68,84)(H,69,96)(H,70,98)(H,71,97)(H,72,85)(H,73,86)(H,74,92)(H,75,93)(H,76,94)(H,77,95)(H,78,91)(H,79,99)(H,87,88)(H,89,90)(H,102,103)/p+1/t36-,39-,40-,41-,42-,43-,44-,45-,46-,47-,53-,54-/m0/s1. The van der Waals surface area contributed by atoms with Gasteiger partial charge in [-0.15, -0.1) is 0 Å². The number of rotatable bonds is 43. The monoisotopic (exact) mass is 1460 g/mol. The summed E-state index contributed by atoms with van der Waals surface area (Å²) in [5.41, 5.74) is 9.65. The molecular weight excluding hydrogens is 1350 g/mol. The lowest BCUT2D eigenvalue weighted by molar-refractivity contribution is -0.408. The molecule has 2 saturated heterocycles. The van der Waals surface area contributed by atoms with Gasteiger partial charge in [0.15, 0.2) is 6.04 Å². The molecule has 2 heterocycles. The first-order valence-electron chi connectivity index (χ1n) is 34.3. The first-order valence-corrected chi connectivity index (χ1v) is 34.3. The lowest BCUT2D eigenvalue weighted by atomic mass is 9.99. The van der Waals surface area contributed by atoms with Crippen LogP contribution >= 0.6 is 0 Å². The van der Waals surface area contributed by atoms with Crippen molar-refractivity contribution in [2.24, 2.45) is 29.4 Å². The number of hydrogen-bond acceptors (Lipinski definition) is 19. The quantitative estimate of drug-likeness (QED) is 0.0290. The second-order valence-corrected chi connectivity index (χ2v) is 27.2. The number of phenols is 1. The van der Waals surface area contributed by atoms with Crippen molar-refractivity contribution in [1.82, 2.24) is 68.3 Å². The van der Waals surface area contributed by atoms with Gasteiger partial charge in [0.05, 0.1) is 19.7 Å². The lowest BCUT2D eigenvalue weighted by Gasteiger charge is -2.29. The molecule has 0 spiro atoms.